The van der Waals surface area contributed by atoms with E-state index in [0.29, 0.717) is 30.2 Å². The fourth-order valence-corrected chi connectivity index (χ4v) is 3.72. The lowest BCUT2D eigenvalue weighted by Gasteiger charge is -2.31. The lowest BCUT2D eigenvalue weighted by atomic mass is 10.00. The monoisotopic (exact) mass is 418 g/mol. The Morgan fingerprint density at radius 1 is 1.23 bits per heavy atom. The zero-order chi connectivity index (χ0) is 22.2. The van der Waals surface area contributed by atoms with E-state index in [1.807, 2.05) is 25.1 Å². The molecule has 2 N–H and O–H groups in total. The minimum atomic E-state index is -1.31. The van der Waals surface area contributed by atoms with Crippen LogP contribution in [0.2, 0.25) is 0 Å². The average Bonchev–Trinajstić information content (AvgIpc) is 2.72. The minimum absolute atomic E-state index is 0.135. The van der Waals surface area contributed by atoms with Crippen LogP contribution >= 0.6 is 0 Å². The number of nitrogens with one attached hydrogen (secondary N) is 1. The lowest BCUT2D eigenvalue weighted by molar-refractivity contribution is 0.0742. The number of hydrogen-bond donors (Lipinski definition) is 2. The maximum atomic E-state index is 14.4. The van der Waals surface area contributed by atoms with Gasteiger partial charge in [-0.05, 0) is 51.0 Å². The van der Waals surface area contributed by atoms with Gasteiger partial charge in [-0.25, -0.2) is 19.3 Å². The number of rotatable bonds is 4. The van der Waals surface area contributed by atoms with Crippen molar-refractivity contribution in [3.63, 3.8) is 0 Å². The molecule has 1 aliphatic heterocycles. The molecular formula is C23H23FN6O. The van der Waals surface area contributed by atoms with Crippen LogP contribution in [0.25, 0.3) is 0 Å². The van der Waals surface area contributed by atoms with Crippen LogP contribution in [0.1, 0.15) is 41.8 Å². The number of anilines is 3. The van der Waals surface area contributed by atoms with Gasteiger partial charge in [0.1, 0.15) is 23.8 Å². The van der Waals surface area contributed by atoms with Crippen LogP contribution in [0.4, 0.5) is 21.7 Å². The second kappa shape index (κ2) is 7.93. The second-order valence-electron chi connectivity index (χ2n) is 8.16. The third-order valence-corrected chi connectivity index (χ3v) is 5.46. The van der Waals surface area contributed by atoms with Crippen molar-refractivity contribution in [2.45, 2.75) is 39.3 Å². The SMILES string of the molecule is Cc1cc(N2CCc3c(ncnc3Nc3cc(F)c(C(C)(C)O)cn3)C2)ccc1C#N. The molecule has 1 aromatic carbocycles. The van der Waals surface area contributed by atoms with Gasteiger partial charge in [-0.3, -0.25) is 0 Å². The number of aryl methyl sites for hydroxylation is 1. The summed E-state index contributed by atoms with van der Waals surface area (Å²) < 4.78 is 14.4. The van der Waals surface area contributed by atoms with Gasteiger partial charge in [0.2, 0.25) is 0 Å². The highest BCUT2D eigenvalue weighted by molar-refractivity contribution is 5.60. The number of hydrogen-bond acceptors (Lipinski definition) is 7. The van der Waals surface area contributed by atoms with E-state index in [4.69, 9.17) is 5.26 Å². The summed E-state index contributed by atoms with van der Waals surface area (Å²) >= 11 is 0. The van der Waals surface area contributed by atoms with Gasteiger partial charge in [0, 0.05) is 35.6 Å². The zero-order valence-electron chi connectivity index (χ0n) is 17.6. The van der Waals surface area contributed by atoms with E-state index >= 15 is 0 Å². The summed E-state index contributed by atoms with van der Waals surface area (Å²) in [7, 11) is 0. The largest absolute Gasteiger partial charge is 0.386 e. The van der Waals surface area contributed by atoms with E-state index in [0.717, 1.165) is 29.1 Å². The van der Waals surface area contributed by atoms with E-state index in [1.165, 1.54) is 32.4 Å². The fraction of sp³-hybridized carbons (Fsp3) is 0.304. The molecule has 7 nitrogen and oxygen atoms in total. The Bertz CT molecular complexity index is 1180. The van der Waals surface area contributed by atoms with Gasteiger partial charge < -0.3 is 15.3 Å². The number of aliphatic hydroxyl groups is 1. The highest BCUT2D eigenvalue weighted by Gasteiger charge is 2.24. The molecule has 0 radical (unpaired) electrons. The molecule has 1 aliphatic rings. The zero-order valence-corrected chi connectivity index (χ0v) is 17.6. The first kappa shape index (κ1) is 20.7. The molecule has 0 aliphatic carbocycles. The highest BCUT2D eigenvalue weighted by Crippen LogP contribution is 2.30. The van der Waals surface area contributed by atoms with Crippen molar-refractivity contribution < 1.29 is 9.50 Å². The van der Waals surface area contributed by atoms with Crippen molar-refractivity contribution in [3.8, 4) is 6.07 Å². The van der Waals surface area contributed by atoms with Crippen LogP contribution in [0.5, 0.6) is 0 Å². The highest BCUT2D eigenvalue weighted by atomic mass is 19.1. The predicted octanol–water partition coefficient (Wildman–Crippen LogP) is 3.72. The number of nitrogens with zero attached hydrogens (tertiary/aromatic N) is 5. The number of pyridine rings is 1. The minimum Gasteiger partial charge on any atom is -0.386 e. The van der Waals surface area contributed by atoms with Crippen LogP contribution in [0, 0.1) is 24.1 Å². The maximum Gasteiger partial charge on any atom is 0.138 e. The van der Waals surface area contributed by atoms with Crippen LogP contribution in [0.3, 0.4) is 0 Å². The van der Waals surface area contributed by atoms with Crippen molar-refractivity contribution >= 4 is 17.3 Å². The summed E-state index contributed by atoms with van der Waals surface area (Å²) in [5, 5.41) is 22.3. The number of nitriles is 1. The number of fused-ring (bicyclic) bond motifs is 1. The van der Waals surface area contributed by atoms with Gasteiger partial charge in [0.05, 0.1) is 29.5 Å². The fourth-order valence-electron chi connectivity index (χ4n) is 3.72. The standard InChI is InChI=1S/C23H23FN6O/c1-14-8-16(5-4-15(14)10-25)30-7-6-17-20(12-30)27-13-28-22(17)29-21-9-19(24)18(11-26-21)23(2,3)31/h4-5,8-9,11,13,31H,6-7,12H2,1-3H3,(H,26,27,28,29). The van der Waals surface area contributed by atoms with Gasteiger partial charge in [0.25, 0.3) is 0 Å². The molecule has 0 amide bonds. The average molecular weight is 418 g/mol. The molecule has 0 atom stereocenters. The summed E-state index contributed by atoms with van der Waals surface area (Å²) in [4.78, 5) is 15.2. The Kier molecular flexibility index (Phi) is 5.29. The predicted molar refractivity (Wildman–Crippen MR) is 115 cm³/mol. The quantitative estimate of drug-likeness (QED) is 0.666. The maximum absolute atomic E-state index is 14.4. The van der Waals surface area contributed by atoms with Gasteiger partial charge in [-0.15, -0.1) is 0 Å². The molecule has 0 fully saturated rings. The molecule has 0 bridgehead atoms. The molecule has 2 aromatic heterocycles. The first-order valence-electron chi connectivity index (χ1n) is 10.00. The van der Waals surface area contributed by atoms with Crippen LogP contribution in [0.15, 0.2) is 36.8 Å². The molecule has 31 heavy (non-hydrogen) atoms. The van der Waals surface area contributed by atoms with Crippen molar-refractivity contribution in [2.24, 2.45) is 0 Å². The molecule has 3 heterocycles. The van der Waals surface area contributed by atoms with E-state index in [-0.39, 0.29) is 5.56 Å². The van der Waals surface area contributed by atoms with Gasteiger partial charge in [0.15, 0.2) is 0 Å². The Morgan fingerprint density at radius 2 is 2.03 bits per heavy atom. The Morgan fingerprint density at radius 3 is 2.71 bits per heavy atom. The number of benzene rings is 1. The topological polar surface area (TPSA) is 98.0 Å². The molecule has 3 aromatic rings. The number of aromatic nitrogens is 3. The van der Waals surface area contributed by atoms with Crippen molar-refractivity contribution in [1.29, 1.82) is 5.26 Å². The van der Waals surface area contributed by atoms with Crippen molar-refractivity contribution in [1.82, 2.24) is 15.0 Å². The summed E-state index contributed by atoms with van der Waals surface area (Å²) in [5.41, 5.74) is 3.34. The summed E-state index contributed by atoms with van der Waals surface area (Å²) in [5.74, 6) is 0.385. The third-order valence-electron chi connectivity index (χ3n) is 5.46. The number of halogens is 1. The van der Waals surface area contributed by atoms with Crippen LogP contribution < -0.4 is 10.2 Å². The molecule has 0 unspecified atom stereocenters. The van der Waals surface area contributed by atoms with Gasteiger partial charge in [-0.2, -0.15) is 5.26 Å². The lowest BCUT2D eigenvalue weighted by Crippen LogP contribution is -2.31. The molecule has 158 valence electrons. The summed E-state index contributed by atoms with van der Waals surface area (Å²) in [6, 6.07) is 9.26. The third kappa shape index (κ3) is 4.18. The summed E-state index contributed by atoms with van der Waals surface area (Å²) in [6.07, 6.45) is 3.53. The van der Waals surface area contributed by atoms with Gasteiger partial charge in [-0.1, -0.05) is 0 Å². The molecule has 0 saturated heterocycles. The molecule has 0 saturated carbocycles. The normalized spacial score (nSPS) is 13.5. The van der Waals surface area contributed by atoms with E-state index < -0.39 is 11.4 Å². The summed E-state index contributed by atoms with van der Waals surface area (Å²) in [6.45, 7) is 6.33. The smallest absolute Gasteiger partial charge is 0.138 e. The van der Waals surface area contributed by atoms with Crippen LogP contribution in [-0.4, -0.2) is 26.6 Å². The molecule has 8 heteroatoms. The van der Waals surface area contributed by atoms with Crippen molar-refractivity contribution in [2.75, 3.05) is 16.8 Å². The second-order valence-corrected chi connectivity index (χ2v) is 8.16. The van der Waals surface area contributed by atoms with E-state index in [2.05, 4.69) is 31.2 Å². The van der Waals surface area contributed by atoms with Crippen molar-refractivity contribution in [3.05, 3.63) is 70.6 Å². The molecule has 0 spiro atoms. The Balaban J connectivity index is 1.57. The molecular weight excluding hydrogens is 395 g/mol. The first-order chi connectivity index (χ1) is 14.8. The first-order valence-corrected chi connectivity index (χ1v) is 10.00. The Hall–Kier alpha value is -3.57. The van der Waals surface area contributed by atoms with E-state index in [9.17, 15) is 9.50 Å². The molecule has 4 rings (SSSR count). The van der Waals surface area contributed by atoms with Crippen LogP contribution in [-0.2, 0) is 18.6 Å². The van der Waals surface area contributed by atoms with E-state index in [1.54, 1.807) is 0 Å². The Labute approximate surface area is 180 Å². The van der Waals surface area contributed by atoms with Gasteiger partial charge >= 0.3 is 0 Å².